The first kappa shape index (κ1) is 19.6. The van der Waals surface area contributed by atoms with Crippen LogP contribution in [0, 0.1) is 12.8 Å². The molecule has 2 aliphatic rings. The standard InChI is InChI=1S/C23H27N3O3/c1-3-29-22(28)16-8-6-10-26(14-16)23-24-13-19-20(25-23)11-17(12-21(19)27)18-9-5-4-7-15(18)2/h4-5,7,9,13,16-17H,3,6,8,10-12,14H2,1-2H3/t16-,17-/m1/s1. The number of ketones is 1. The van der Waals surface area contributed by atoms with Gasteiger partial charge in [-0.3, -0.25) is 9.59 Å². The zero-order valence-electron chi connectivity index (χ0n) is 17.1. The zero-order chi connectivity index (χ0) is 20.4. The minimum atomic E-state index is -0.148. The number of nitrogens with zero attached hydrogens (tertiary/aromatic N) is 3. The molecule has 0 unspecified atom stereocenters. The number of carbonyl (C=O) groups is 2. The molecule has 1 aliphatic carbocycles. The summed E-state index contributed by atoms with van der Waals surface area (Å²) in [6.07, 6.45) is 4.62. The molecular weight excluding hydrogens is 366 g/mol. The second-order valence-corrected chi connectivity index (χ2v) is 7.95. The quantitative estimate of drug-likeness (QED) is 0.741. The van der Waals surface area contributed by atoms with E-state index in [2.05, 4.69) is 24.0 Å². The maximum Gasteiger partial charge on any atom is 0.310 e. The summed E-state index contributed by atoms with van der Waals surface area (Å²) in [5.74, 6) is 0.562. The van der Waals surface area contributed by atoms with Gasteiger partial charge in [0.15, 0.2) is 5.78 Å². The third kappa shape index (κ3) is 4.02. The van der Waals surface area contributed by atoms with Crippen molar-refractivity contribution in [3.05, 3.63) is 52.8 Å². The van der Waals surface area contributed by atoms with Crippen LogP contribution in [0.4, 0.5) is 5.95 Å². The molecule has 0 bridgehead atoms. The van der Waals surface area contributed by atoms with Crippen LogP contribution in [-0.2, 0) is 16.0 Å². The first-order chi connectivity index (χ1) is 14.1. The second kappa shape index (κ2) is 8.31. The number of aromatic nitrogens is 2. The Balaban J connectivity index is 1.57. The van der Waals surface area contributed by atoms with E-state index in [9.17, 15) is 9.59 Å². The Bertz CT molecular complexity index is 927. The normalized spacial score (nSPS) is 21.6. The summed E-state index contributed by atoms with van der Waals surface area (Å²) in [6, 6.07) is 8.24. The highest BCUT2D eigenvalue weighted by Gasteiger charge is 2.31. The molecule has 152 valence electrons. The molecule has 29 heavy (non-hydrogen) atoms. The molecular formula is C23H27N3O3. The van der Waals surface area contributed by atoms with E-state index >= 15 is 0 Å². The molecule has 1 aliphatic heterocycles. The molecule has 0 amide bonds. The van der Waals surface area contributed by atoms with Crippen LogP contribution < -0.4 is 4.90 Å². The van der Waals surface area contributed by atoms with Gasteiger partial charge in [0, 0.05) is 25.7 Å². The van der Waals surface area contributed by atoms with Crippen molar-refractivity contribution in [2.75, 3.05) is 24.6 Å². The van der Waals surface area contributed by atoms with Crippen molar-refractivity contribution in [2.24, 2.45) is 5.92 Å². The minimum absolute atomic E-state index is 0.106. The van der Waals surface area contributed by atoms with Crippen molar-refractivity contribution < 1.29 is 14.3 Å². The van der Waals surface area contributed by atoms with Gasteiger partial charge in [-0.2, -0.15) is 0 Å². The zero-order valence-corrected chi connectivity index (χ0v) is 17.1. The van der Waals surface area contributed by atoms with Crippen LogP contribution in [0.15, 0.2) is 30.5 Å². The molecule has 0 N–H and O–H groups in total. The third-order valence-corrected chi connectivity index (χ3v) is 5.98. The maximum atomic E-state index is 12.7. The lowest BCUT2D eigenvalue weighted by Crippen LogP contribution is -2.40. The van der Waals surface area contributed by atoms with Crippen LogP contribution in [0.2, 0.25) is 0 Å². The third-order valence-electron chi connectivity index (χ3n) is 5.98. The van der Waals surface area contributed by atoms with Crippen molar-refractivity contribution in [3.63, 3.8) is 0 Å². The molecule has 0 spiro atoms. The molecule has 1 aromatic carbocycles. The summed E-state index contributed by atoms with van der Waals surface area (Å²) >= 11 is 0. The number of piperidine rings is 1. The summed E-state index contributed by atoms with van der Waals surface area (Å²) in [6.45, 7) is 5.68. The predicted octanol–water partition coefficient (Wildman–Crippen LogP) is 3.48. The predicted molar refractivity (Wildman–Crippen MR) is 110 cm³/mol. The van der Waals surface area contributed by atoms with E-state index in [1.165, 1.54) is 11.1 Å². The van der Waals surface area contributed by atoms with Crippen molar-refractivity contribution in [1.82, 2.24) is 9.97 Å². The van der Waals surface area contributed by atoms with Gasteiger partial charge < -0.3 is 9.64 Å². The number of rotatable bonds is 4. The van der Waals surface area contributed by atoms with Gasteiger partial charge in [0.2, 0.25) is 5.95 Å². The van der Waals surface area contributed by atoms with Gasteiger partial charge in [-0.1, -0.05) is 24.3 Å². The first-order valence-corrected chi connectivity index (χ1v) is 10.4. The average Bonchev–Trinajstić information content (AvgIpc) is 2.74. The van der Waals surface area contributed by atoms with Gasteiger partial charge >= 0.3 is 5.97 Å². The highest BCUT2D eigenvalue weighted by Crippen LogP contribution is 2.34. The molecule has 0 radical (unpaired) electrons. The highest BCUT2D eigenvalue weighted by atomic mass is 16.5. The number of carbonyl (C=O) groups excluding carboxylic acids is 2. The second-order valence-electron chi connectivity index (χ2n) is 7.95. The number of anilines is 1. The van der Waals surface area contributed by atoms with Crippen molar-refractivity contribution in [2.45, 2.75) is 45.4 Å². The summed E-state index contributed by atoms with van der Waals surface area (Å²) < 4.78 is 5.19. The average molecular weight is 393 g/mol. The Hall–Kier alpha value is -2.76. The Morgan fingerprint density at radius 1 is 1.28 bits per heavy atom. The highest BCUT2D eigenvalue weighted by molar-refractivity contribution is 5.98. The number of fused-ring (bicyclic) bond motifs is 1. The summed E-state index contributed by atoms with van der Waals surface area (Å²) in [7, 11) is 0. The molecule has 2 aromatic rings. The van der Waals surface area contributed by atoms with E-state index < -0.39 is 0 Å². The van der Waals surface area contributed by atoms with Gasteiger partial charge in [0.05, 0.1) is 23.8 Å². The molecule has 4 rings (SSSR count). The van der Waals surface area contributed by atoms with Crippen molar-refractivity contribution >= 4 is 17.7 Å². The fourth-order valence-electron chi connectivity index (χ4n) is 4.46. The Morgan fingerprint density at radius 2 is 2.10 bits per heavy atom. The lowest BCUT2D eigenvalue weighted by molar-refractivity contribution is -0.148. The molecule has 2 atom stereocenters. The Kier molecular flexibility index (Phi) is 5.60. The molecule has 1 fully saturated rings. The van der Waals surface area contributed by atoms with Crippen LogP contribution in [0.25, 0.3) is 0 Å². The van der Waals surface area contributed by atoms with Gasteiger partial charge in [-0.15, -0.1) is 0 Å². The SMILES string of the molecule is CCOC(=O)[C@@H]1CCCN(c2ncc3c(n2)C[C@@H](c2ccccc2C)CC3=O)C1. The van der Waals surface area contributed by atoms with E-state index in [4.69, 9.17) is 9.72 Å². The van der Waals surface area contributed by atoms with Gasteiger partial charge in [-0.25, -0.2) is 9.97 Å². The molecule has 0 saturated carbocycles. The van der Waals surface area contributed by atoms with Crippen molar-refractivity contribution in [1.29, 1.82) is 0 Å². The monoisotopic (exact) mass is 393 g/mol. The van der Waals surface area contributed by atoms with Gasteiger partial charge in [-0.05, 0) is 50.2 Å². The molecule has 1 saturated heterocycles. The Labute approximate surface area is 171 Å². The summed E-state index contributed by atoms with van der Waals surface area (Å²) in [5.41, 5.74) is 3.87. The van der Waals surface area contributed by atoms with E-state index in [1.807, 2.05) is 24.0 Å². The number of aryl methyl sites for hydroxylation is 1. The summed E-state index contributed by atoms with van der Waals surface area (Å²) in [5, 5.41) is 0. The van der Waals surface area contributed by atoms with Gasteiger partial charge in [0.25, 0.3) is 0 Å². The van der Waals surface area contributed by atoms with Crippen LogP contribution in [0.5, 0.6) is 0 Å². The van der Waals surface area contributed by atoms with E-state index in [1.54, 1.807) is 6.20 Å². The fraction of sp³-hybridized carbons (Fsp3) is 0.478. The number of hydrogen-bond donors (Lipinski definition) is 0. The minimum Gasteiger partial charge on any atom is -0.466 e. The van der Waals surface area contributed by atoms with E-state index in [-0.39, 0.29) is 23.6 Å². The molecule has 1 aromatic heterocycles. The molecule has 6 heteroatoms. The number of hydrogen-bond acceptors (Lipinski definition) is 6. The van der Waals surface area contributed by atoms with E-state index in [0.717, 1.165) is 31.5 Å². The van der Waals surface area contributed by atoms with Crippen LogP contribution >= 0.6 is 0 Å². The number of ether oxygens (including phenoxy) is 1. The number of Topliss-reactive ketones (excluding diaryl/α,β-unsaturated/α-hetero) is 1. The number of benzene rings is 1. The largest absolute Gasteiger partial charge is 0.466 e. The maximum absolute atomic E-state index is 12.7. The lowest BCUT2D eigenvalue weighted by atomic mass is 9.81. The molecule has 2 heterocycles. The lowest BCUT2D eigenvalue weighted by Gasteiger charge is -2.32. The summed E-state index contributed by atoms with van der Waals surface area (Å²) in [4.78, 5) is 36.2. The van der Waals surface area contributed by atoms with Crippen LogP contribution in [0.3, 0.4) is 0 Å². The Morgan fingerprint density at radius 3 is 2.90 bits per heavy atom. The first-order valence-electron chi connectivity index (χ1n) is 10.4. The molecule has 6 nitrogen and oxygen atoms in total. The fourth-order valence-corrected chi connectivity index (χ4v) is 4.46. The smallest absolute Gasteiger partial charge is 0.310 e. The van der Waals surface area contributed by atoms with E-state index in [0.29, 0.717) is 31.1 Å². The van der Waals surface area contributed by atoms with Crippen LogP contribution in [-0.4, -0.2) is 41.4 Å². The van der Waals surface area contributed by atoms with Crippen LogP contribution in [0.1, 0.15) is 59.3 Å². The van der Waals surface area contributed by atoms with Gasteiger partial charge in [0.1, 0.15) is 0 Å². The topological polar surface area (TPSA) is 72.4 Å². The van der Waals surface area contributed by atoms with Crippen molar-refractivity contribution in [3.8, 4) is 0 Å². The number of esters is 1.